The zero-order valence-electron chi connectivity index (χ0n) is 18.7. The normalized spacial score (nSPS) is 11.3. The molecule has 0 radical (unpaired) electrons. The fourth-order valence-corrected chi connectivity index (χ4v) is 3.82. The summed E-state index contributed by atoms with van der Waals surface area (Å²) in [6, 6.07) is 12.3. The second-order valence-corrected chi connectivity index (χ2v) is 9.26. The maximum atomic E-state index is 12.4. The third kappa shape index (κ3) is 6.35. The van der Waals surface area contributed by atoms with Crippen molar-refractivity contribution in [3.8, 4) is 11.5 Å². The molecule has 170 valence electrons. The van der Waals surface area contributed by atoms with Crippen LogP contribution in [0.15, 0.2) is 42.5 Å². The predicted molar refractivity (Wildman–Crippen MR) is 122 cm³/mol. The maximum Gasteiger partial charge on any atom is 0.303 e. The minimum absolute atomic E-state index is 0.200. The minimum atomic E-state index is -3.57. The first-order chi connectivity index (χ1) is 14.7. The highest BCUT2D eigenvalue weighted by Crippen LogP contribution is 2.28. The lowest BCUT2D eigenvalue weighted by molar-refractivity contribution is 0.0953. The van der Waals surface area contributed by atoms with Crippen molar-refractivity contribution < 1.29 is 22.7 Å². The molecule has 2 rings (SSSR count). The summed E-state index contributed by atoms with van der Waals surface area (Å²) < 4.78 is 37.6. The SMILES string of the molecule is CCOc1ccc(CCCNC(=O)c2ccc(N(C)S(=O)(=O)N(C)C)cc2)cc1OC. The summed E-state index contributed by atoms with van der Waals surface area (Å²) in [4.78, 5) is 12.4. The lowest BCUT2D eigenvalue weighted by Crippen LogP contribution is -2.37. The van der Waals surface area contributed by atoms with Gasteiger partial charge >= 0.3 is 10.2 Å². The average molecular weight is 450 g/mol. The quantitative estimate of drug-likeness (QED) is 0.533. The second-order valence-electron chi connectivity index (χ2n) is 7.08. The lowest BCUT2D eigenvalue weighted by atomic mass is 10.1. The van der Waals surface area contributed by atoms with Crippen molar-refractivity contribution in [3.05, 3.63) is 53.6 Å². The smallest absolute Gasteiger partial charge is 0.303 e. The zero-order chi connectivity index (χ0) is 23.0. The standard InChI is InChI=1S/C22H31N3O5S/c1-6-30-20-14-9-17(16-21(20)29-5)8-7-15-23-22(26)18-10-12-19(13-11-18)25(4)31(27,28)24(2)3/h9-14,16H,6-8,15H2,1-5H3,(H,23,26). The van der Waals surface area contributed by atoms with Crippen LogP contribution < -0.4 is 19.1 Å². The van der Waals surface area contributed by atoms with Crippen molar-refractivity contribution >= 4 is 21.8 Å². The van der Waals surface area contributed by atoms with E-state index in [1.165, 1.54) is 25.4 Å². The van der Waals surface area contributed by atoms with Crippen LogP contribution in [0.4, 0.5) is 5.69 Å². The largest absolute Gasteiger partial charge is 0.493 e. The first-order valence-electron chi connectivity index (χ1n) is 10.0. The second kappa shape index (κ2) is 11.0. The van der Waals surface area contributed by atoms with Crippen molar-refractivity contribution in [1.82, 2.24) is 9.62 Å². The molecule has 31 heavy (non-hydrogen) atoms. The van der Waals surface area contributed by atoms with Gasteiger partial charge in [-0.15, -0.1) is 0 Å². The molecule has 1 N–H and O–H groups in total. The molecule has 2 aromatic rings. The van der Waals surface area contributed by atoms with E-state index in [0.29, 0.717) is 30.2 Å². The molecule has 0 heterocycles. The van der Waals surface area contributed by atoms with E-state index in [1.54, 1.807) is 31.4 Å². The number of methoxy groups -OCH3 is 1. The summed E-state index contributed by atoms with van der Waals surface area (Å²) >= 11 is 0. The summed E-state index contributed by atoms with van der Waals surface area (Å²) in [7, 11) is 2.45. The number of benzene rings is 2. The number of rotatable bonds is 11. The maximum absolute atomic E-state index is 12.4. The number of carbonyl (C=O) groups excluding carboxylic acids is 1. The number of nitrogens with one attached hydrogen (secondary N) is 1. The van der Waals surface area contributed by atoms with E-state index >= 15 is 0 Å². The fourth-order valence-electron chi connectivity index (χ4n) is 2.94. The van der Waals surface area contributed by atoms with E-state index in [9.17, 15) is 13.2 Å². The molecule has 0 bridgehead atoms. The Morgan fingerprint density at radius 2 is 1.71 bits per heavy atom. The van der Waals surface area contributed by atoms with Gasteiger partial charge in [-0.05, 0) is 61.7 Å². The highest BCUT2D eigenvalue weighted by atomic mass is 32.2. The van der Waals surface area contributed by atoms with Crippen LogP contribution in [0, 0.1) is 0 Å². The van der Waals surface area contributed by atoms with Gasteiger partial charge in [0.1, 0.15) is 0 Å². The molecule has 0 aromatic heterocycles. The Bertz CT molecular complexity index is 975. The van der Waals surface area contributed by atoms with Gasteiger partial charge in [-0.3, -0.25) is 9.10 Å². The first kappa shape index (κ1) is 24.5. The Balaban J connectivity index is 1.88. The molecule has 8 nitrogen and oxygen atoms in total. The molecule has 0 unspecified atom stereocenters. The minimum Gasteiger partial charge on any atom is -0.493 e. The van der Waals surface area contributed by atoms with Crippen molar-refractivity contribution in [2.24, 2.45) is 0 Å². The van der Waals surface area contributed by atoms with Gasteiger partial charge in [0.05, 0.1) is 19.4 Å². The molecule has 0 saturated carbocycles. The van der Waals surface area contributed by atoms with E-state index in [2.05, 4.69) is 5.32 Å². The van der Waals surface area contributed by atoms with E-state index in [-0.39, 0.29) is 5.91 Å². The fraction of sp³-hybridized carbons (Fsp3) is 0.409. The molecule has 0 spiro atoms. The van der Waals surface area contributed by atoms with Crippen LogP contribution >= 0.6 is 0 Å². The third-order valence-corrected chi connectivity index (χ3v) is 6.58. The highest BCUT2D eigenvalue weighted by molar-refractivity contribution is 7.90. The van der Waals surface area contributed by atoms with Crippen LogP contribution in [-0.4, -0.2) is 60.0 Å². The van der Waals surface area contributed by atoms with Gasteiger partial charge in [0.25, 0.3) is 5.91 Å². The van der Waals surface area contributed by atoms with Gasteiger partial charge in [0.15, 0.2) is 11.5 Å². The van der Waals surface area contributed by atoms with Crippen LogP contribution in [0.3, 0.4) is 0 Å². The number of carbonyl (C=O) groups is 1. The first-order valence-corrected chi connectivity index (χ1v) is 11.4. The Kier molecular flexibility index (Phi) is 8.70. The number of anilines is 1. The Hall–Kier alpha value is -2.78. The summed E-state index contributed by atoms with van der Waals surface area (Å²) in [6.07, 6.45) is 1.56. The molecule has 0 aliphatic rings. The van der Waals surface area contributed by atoms with E-state index in [4.69, 9.17) is 9.47 Å². The van der Waals surface area contributed by atoms with Gasteiger partial charge in [-0.2, -0.15) is 12.7 Å². The molecule has 0 fully saturated rings. The Morgan fingerprint density at radius 3 is 2.29 bits per heavy atom. The van der Waals surface area contributed by atoms with Gasteiger partial charge in [0.2, 0.25) is 0 Å². The average Bonchev–Trinajstić information content (AvgIpc) is 2.76. The van der Waals surface area contributed by atoms with Crippen molar-refractivity contribution in [2.45, 2.75) is 19.8 Å². The summed E-state index contributed by atoms with van der Waals surface area (Å²) in [5.74, 6) is 1.22. The molecule has 0 saturated heterocycles. The zero-order valence-corrected chi connectivity index (χ0v) is 19.5. The van der Waals surface area contributed by atoms with Crippen molar-refractivity contribution in [1.29, 1.82) is 0 Å². The molecule has 9 heteroatoms. The van der Waals surface area contributed by atoms with Crippen molar-refractivity contribution in [3.63, 3.8) is 0 Å². The number of amides is 1. The molecular weight excluding hydrogens is 418 g/mol. The van der Waals surface area contributed by atoms with Crippen LogP contribution in [-0.2, 0) is 16.6 Å². The molecule has 1 amide bonds. The number of nitrogens with zero attached hydrogens (tertiary/aromatic N) is 2. The number of hydrogen-bond donors (Lipinski definition) is 1. The predicted octanol–water partition coefficient (Wildman–Crippen LogP) is 2.70. The summed E-state index contributed by atoms with van der Waals surface area (Å²) in [6.45, 7) is 3.02. The van der Waals surface area contributed by atoms with Crippen LogP contribution in [0.2, 0.25) is 0 Å². The molecular formula is C22H31N3O5S. The lowest BCUT2D eigenvalue weighted by Gasteiger charge is -2.23. The Morgan fingerprint density at radius 1 is 1.03 bits per heavy atom. The summed E-state index contributed by atoms with van der Waals surface area (Å²) in [5.41, 5.74) is 2.06. The van der Waals surface area contributed by atoms with Crippen LogP contribution in [0.25, 0.3) is 0 Å². The topological polar surface area (TPSA) is 88.2 Å². The number of ether oxygens (including phenoxy) is 2. The molecule has 0 atom stereocenters. The third-order valence-electron chi connectivity index (χ3n) is 4.76. The Labute approximate surface area is 184 Å². The van der Waals surface area contributed by atoms with Crippen LogP contribution in [0.1, 0.15) is 29.3 Å². The molecule has 0 aliphatic carbocycles. The van der Waals surface area contributed by atoms with Gasteiger partial charge in [-0.1, -0.05) is 6.07 Å². The van der Waals surface area contributed by atoms with E-state index in [1.807, 2.05) is 25.1 Å². The van der Waals surface area contributed by atoms with Gasteiger partial charge < -0.3 is 14.8 Å². The van der Waals surface area contributed by atoms with Gasteiger partial charge in [-0.25, -0.2) is 0 Å². The summed E-state index contributed by atoms with van der Waals surface area (Å²) in [5, 5.41) is 2.89. The van der Waals surface area contributed by atoms with E-state index in [0.717, 1.165) is 28.5 Å². The van der Waals surface area contributed by atoms with Crippen molar-refractivity contribution in [2.75, 3.05) is 45.7 Å². The number of hydrogen-bond acceptors (Lipinski definition) is 5. The van der Waals surface area contributed by atoms with E-state index < -0.39 is 10.2 Å². The van der Waals surface area contributed by atoms with Gasteiger partial charge in [0, 0.05) is 33.3 Å². The molecule has 2 aromatic carbocycles. The number of aryl methyl sites for hydroxylation is 1. The molecule has 0 aliphatic heterocycles. The highest BCUT2D eigenvalue weighted by Gasteiger charge is 2.21. The monoisotopic (exact) mass is 449 g/mol. The van der Waals surface area contributed by atoms with Crippen LogP contribution in [0.5, 0.6) is 11.5 Å².